The van der Waals surface area contributed by atoms with Crippen molar-refractivity contribution in [2.24, 2.45) is 0 Å². The predicted molar refractivity (Wildman–Crippen MR) is 74.8 cm³/mol. The third-order valence-corrected chi connectivity index (χ3v) is 3.75. The fourth-order valence-corrected chi connectivity index (χ4v) is 2.44. The lowest BCUT2D eigenvalue weighted by Crippen LogP contribution is -2.04. The van der Waals surface area contributed by atoms with Crippen LogP contribution in [0.25, 0.3) is 0 Å². The number of benzene rings is 1. The van der Waals surface area contributed by atoms with Crippen LogP contribution in [0.2, 0.25) is 5.02 Å². The molecule has 1 aliphatic heterocycles. The molecule has 1 aromatic carbocycles. The molecule has 2 nitrogen and oxygen atoms in total. The van der Waals surface area contributed by atoms with Gasteiger partial charge in [0.05, 0.1) is 19.3 Å². The molecule has 1 aliphatic rings. The molecule has 1 saturated heterocycles. The highest BCUT2D eigenvalue weighted by molar-refractivity contribution is 6.31. The molecule has 0 radical (unpaired) electrons. The first-order chi connectivity index (χ1) is 8.63. The molecule has 0 spiro atoms. The van der Waals surface area contributed by atoms with Gasteiger partial charge in [-0.1, -0.05) is 18.5 Å². The summed E-state index contributed by atoms with van der Waals surface area (Å²) in [5, 5.41) is 0.836. The summed E-state index contributed by atoms with van der Waals surface area (Å²) in [6.07, 6.45) is 3.51. The Kier molecular flexibility index (Phi) is 4.52. The molecule has 0 bridgehead atoms. The Balaban J connectivity index is 2.24. The van der Waals surface area contributed by atoms with Crippen LogP contribution >= 0.6 is 11.6 Å². The van der Waals surface area contributed by atoms with E-state index < -0.39 is 0 Å². The number of hydrogen-bond donors (Lipinski definition) is 0. The Morgan fingerprint density at radius 1 is 1.44 bits per heavy atom. The number of aryl methyl sites for hydroxylation is 1. The second kappa shape index (κ2) is 5.94. The zero-order valence-corrected chi connectivity index (χ0v) is 12.1. The molecule has 1 fully saturated rings. The monoisotopic (exact) mass is 268 g/mol. The van der Waals surface area contributed by atoms with Crippen molar-refractivity contribution >= 4 is 11.6 Å². The van der Waals surface area contributed by atoms with Crippen molar-refractivity contribution in [1.82, 2.24) is 0 Å². The largest absolute Gasteiger partial charge is 0.493 e. The molecule has 1 unspecified atom stereocenters. The van der Waals surface area contributed by atoms with Gasteiger partial charge in [-0.2, -0.15) is 0 Å². The lowest BCUT2D eigenvalue weighted by Gasteiger charge is -2.17. The van der Waals surface area contributed by atoms with Gasteiger partial charge in [0.25, 0.3) is 0 Å². The minimum atomic E-state index is 0.447. The molecular formula is C15H21ClO2. The fraction of sp³-hybridized carbons (Fsp3) is 0.600. The highest BCUT2D eigenvalue weighted by Gasteiger charge is 2.23. The lowest BCUT2D eigenvalue weighted by molar-refractivity contribution is 0.310. The number of halogens is 1. The van der Waals surface area contributed by atoms with E-state index in [4.69, 9.17) is 21.1 Å². The van der Waals surface area contributed by atoms with Crippen LogP contribution in [0, 0.1) is 13.8 Å². The van der Waals surface area contributed by atoms with E-state index in [1.54, 1.807) is 0 Å². The molecule has 0 aromatic heterocycles. The van der Waals surface area contributed by atoms with Crippen molar-refractivity contribution in [2.45, 2.75) is 46.1 Å². The second-order valence-corrected chi connectivity index (χ2v) is 5.36. The van der Waals surface area contributed by atoms with Gasteiger partial charge >= 0.3 is 0 Å². The summed E-state index contributed by atoms with van der Waals surface area (Å²) in [6, 6.07) is 2.00. The molecule has 0 N–H and O–H groups in total. The molecule has 18 heavy (non-hydrogen) atoms. The van der Waals surface area contributed by atoms with Crippen LogP contribution in [0.4, 0.5) is 0 Å². The first kappa shape index (κ1) is 13.7. The van der Waals surface area contributed by atoms with Crippen molar-refractivity contribution in [1.29, 1.82) is 0 Å². The van der Waals surface area contributed by atoms with Gasteiger partial charge in [0.15, 0.2) is 0 Å². The third kappa shape index (κ3) is 3.18. The minimum absolute atomic E-state index is 0.447. The lowest BCUT2D eigenvalue weighted by atomic mass is 9.98. The van der Waals surface area contributed by atoms with Gasteiger partial charge in [0.2, 0.25) is 0 Å². The number of rotatable bonds is 6. The summed E-state index contributed by atoms with van der Waals surface area (Å²) in [5.41, 5.74) is 3.53. The van der Waals surface area contributed by atoms with Gasteiger partial charge in [-0.25, -0.2) is 0 Å². The van der Waals surface area contributed by atoms with Crippen LogP contribution in [0.1, 0.15) is 36.5 Å². The van der Waals surface area contributed by atoms with Crippen LogP contribution in [0.5, 0.6) is 5.75 Å². The van der Waals surface area contributed by atoms with Crippen LogP contribution in [-0.2, 0) is 11.2 Å². The smallest absolute Gasteiger partial charge is 0.125 e. The molecule has 1 atom stereocenters. The van der Waals surface area contributed by atoms with E-state index in [-0.39, 0.29) is 0 Å². The van der Waals surface area contributed by atoms with E-state index in [1.807, 2.05) is 6.07 Å². The zero-order valence-electron chi connectivity index (χ0n) is 11.4. The molecule has 0 aliphatic carbocycles. The zero-order chi connectivity index (χ0) is 13.1. The molecule has 100 valence electrons. The summed E-state index contributed by atoms with van der Waals surface area (Å²) >= 11 is 6.27. The van der Waals surface area contributed by atoms with Crippen molar-refractivity contribution in [3.05, 3.63) is 27.8 Å². The van der Waals surface area contributed by atoms with E-state index in [2.05, 4.69) is 20.8 Å². The van der Waals surface area contributed by atoms with E-state index in [0.717, 1.165) is 54.4 Å². The number of epoxide rings is 1. The highest BCUT2D eigenvalue weighted by atomic mass is 35.5. The van der Waals surface area contributed by atoms with E-state index in [0.29, 0.717) is 6.10 Å². The first-order valence-corrected chi connectivity index (χ1v) is 7.04. The van der Waals surface area contributed by atoms with E-state index in [9.17, 15) is 0 Å². The minimum Gasteiger partial charge on any atom is -0.493 e. The number of hydrogen-bond acceptors (Lipinski definition) is 2. The van der Waals surface area contributed by atoms with Crippen LogP contribution in [0.3, 0.4) is 0 Å². The molecule has 2 rings (SSSR count). The van der Waals surface area contributed by atoms with Gasteiger partial charge in [0, 0.05) is 5.02 Å². The van der Waals surface area contributed by atoms with Gasteiger partial charge in [-0.15, -0.1) is 0 Å². The van der Waals surface area contributed by atoms with Crippen molar-refractivity contribution in [3.63, 3.8) is 0 Å². The molecule has 0 amide bonds. The van der Waals surface area contributed by atoms with Crippen LogP contribution in [-0.4, -0.2) is 19.3 Å². The highest BCUT2D eigenvalue weighted by Crippen LogP contribution is 2.34. The van der Waals surface area contributed by atoms with Gasteiger partial charge in [-0.05, 0) is 55.9 Å². The second-order valence-electron chi connectivity index (χ2n) is 4.95. The number of ether oxygens (including phenoxy) is 2. The van der Waals surface area contributed by atoms with Gasteiger partial charge in [0.1, 0.15) is 5.75 Å². The maximum absolute atomic E-state index is 6.27. The Bertz CT molecular complexity index is 425. The quantitative estimate of drug-likeness (QED) is 0.725. The summed E-state index contributed by atoms with van der Waals surface area (Å²) in [5.74, 6) is 1.03. The topological polar surface area (TPSA) is 21.8 Å². The molecular weight excluding hydrogens is 248 g/mol. The normalized spacial score (nSPS) is 17.9. The average molecular weight is 269 g/mol. The Hall–Kier alpha value is -0.730. The average Bonchev–Trinajstić information content (AvgIpc) is 3.14. The SMILES string of the molecule is CCCOc1c(C)cc(Cl)c(C)c1CCC1CO1. The van der Waals surface area contributed by atoms with Crippen molar-refractivity contribution < 1.29 is 9.47 Å². The molecule has 1 heterocycles. The summed E-state index contributed by atoms with van der Waals surface area (Å²) in [6.45, 7) is 7.92. The summed E-state index contributed by atoms with van der Waals surface area (Å²) in [4.78, 5) is 0. The Labute approximate surface area is 114 Å². The molecule has 3 heteroatoms. The Morgan fingerprint density at radius 2 is 2.17 bits per heavy atom. The van der Waals surface area contributed by atoms with Crippen LogP contribution in [0.15, 0.2) is 6.07 Å². The fourth-order valence-electron chi connectivity index (χ4n) is 2.16. The standard InChI is InChI=1S/C15H21ClO2/c1-4-7-17-15-10(2)8-14(16)11(3)13(15)6-5-12-9-18-12/h8,12H,4-7,9H2,1-3H3. The maximum atomic E-state index is 6.27. The van der Waals surface area contributed by atoms with E-state index >= 15 is 0 Å². The van der Waals surface area contributed by atoms with Crippen molar-refractivity contribution in [2.75, 3.05) is 13.2 Å². The van der Waals surface area contributed by atoms with Crippen LogP contribution < -0.4 is 4.74 Å². The van der Waals surface area contributed by atoms with Crippen molar-refractivity contribution in [3.8, 4) is 5.75 Å². The Morgan fingerprint density at radius 3 is 2.78 bits per heavy atom. The molecule has 0 saturated carbocycles. The maximum Gasteiger partial charge on any atom is 0.125 e. The van der Waals surface area contributed by atoms with Gasteiger partial charge in [-0.3, -0.25) is 0 Å². The third-order valence-electron chi connectivity index (χ3n) is 3.36. The van der Waals surface area contributed by atoms with Gasteiger partial charge < -0.3 is 9.47 Å². The van der Waals surface area contributed by atoms with E-state index in [1.165, 1.54) is 5.56 Å². The summed E-state index contributed by atoms with van der Waals surface area (Å²) in [7, 11) is 0. The first-order valence-electron chi connectivity index (χ1n) is 6.66. The predicted octanol–water partition coefficient (Wildman–Crippen LogP) is 4.08. The summed E-state index contributed by atoms with van der Waals surface area (Å²) < 4.78 is 11.2. The molecule has 1 aromatic rings.